The first-order valence-electron chi connectivity index (χ1n) is 12.4. The van der Waals surface area contributed by atoms with E-state index in [1.165, 1.54) is 23.1 Å². The van der Waals surface area contributed by atoms with Crippen molar-refractivity contribution in [1.82, 2.24) is 9.80 Å². The number of carbonyl (C=O) groups excluding carboxylic acids is 2. The van der Waals surface area contributed by atoms with Gasteiger partial charge in [-0.1, -0.05) is 36.8 Å². The molecule has 2 aromatic carbocycles. The van der Waals surface area contributed by atoms with Gasteiger partial charge < -0.3 is 9.80 Å². The zero-order chi connectivity index (χ0) is 26.5. The van der Waals surface area contributed by atoms with Crippen molar-refractivity contribution in [3.05, 3.63) is 103 Å². The van der Waals surface area contributed by atoms with Gasteiger partial charge in [-0.25, -0.2) is 0 Å². The Morgan fingerprint density at radius 3 is 2.51 bits per heavy atom. The Hall–Kier alpha value is -3.78. The maximum atomic E-state index is 13.7. The number of fused-ring (bicyclic) bond motifs is 1. The van der Waals surface area contributed by atoms with E-state index < -0.39 is 4.92 Å². The number of carbonyl (C=O) groups is 2. The minimum Gasteiger partial charge on any atom is -0.330 e. The van der Waals surface area contributed by atoms with Gasteiger partial charge in [-0.3, -0.25) is 19.7 Å². The molecule has 3 aromatic rings. The molecule has 0 spiro atoms. The third-order valence-electron chi connectivity index (χ3n) is 6.91. The number of nitro groups is 1. The second-order valence-corrected chi connectivity index (χ2v) is 10.4. The van der Waals surface area contributed by atoms with Crippen LogP contribution in [-0.4, -0.2) is 45.7 Å². The molecule has 0 N–H and O–H groups in total. The van der Waals surface area contributed by atoms with Crippen LogP contribution < -0.4 is 0 Å². The summed E-state index contributed by atoms with van der Waals surface area (Å²) in [4.78, 5) is 42.2. The van der Waals surface area contributed by atoms with Gasteiger partial charge in [0.1, 0.15) is 6.54 Å². The van der Waals surface area contributed by atoms with Gasteiger partial charge in [0.05, 0.1) is 11.0 Å². The molecule has 8 heteroatoms. The second kappa shape index (κ2) is 11.5. The molecule has 2 heterocycles. The van der Waals surface area contributed by atoms with Gasteiger partial charge in [-0.2, -0.15) is 0 Å². The van der Waals surface area contributed by atoms with Crippen LogP contribution in [0.3, 0.4) is 0 Å². The van der Waals surface area contributed by atoms with E-state index in [-0.39, 0.29) is 36.1 Å². The van der Waals surface area contributed by atoms with E-state index in [2.05, 4.69) is 35.7 Å². The summed E-state index contributed by atoms with van der Waals surface area (Å²) in [5.41, 5.74) is 4.06. The Morgan fingerprint density at radius 1 is 1.16 bits per heavy atom. The normalized spacial score (nSPS) is 15.9. The molecule has 0 aliphatic carbocycles. The standard InChI is InChI=1S/C29H31N3O4S/c1-4-21(3)31(27(33)14-9-22-7-12-24(13-8-22)32(35)36)19-28(34)30-17-15-26-25(16-18-37-26)29(30)23-10-5-20(2)6-11-23/h5-14,16,18,21,29H,4,15,17,19H2,1-3H3. The van der Waals surface area contributed by atoms with Crippen LogP contribution in [0.4, 0.5) is 5.69 Å². The van der Waals surface area contributed by atoms with E-state index in [0.717, 1.165) is 23.1 Å². The summed E-state index contributed by atoms with van der Waals surface area (Å²) in [6.07, 6.45) is 4.57. The molecule has 0 fully saturated rings. The highest BCUT2D eigenvalue weighted by molar-refractivity contribution is 7.10. The van der Waals surface area contributed by atoms with E-state index in [1.54, 1.807) is 34.4 Å². The molecule has 0 saturated heterocycles. The van der Waals surface area contributed by atoms with Crippen molar-refractivity contribution in [3.63, 3.8) is 0 Å². The lowest BCUT2D eigenvalue weighted by molar-refractivity contribution is -0.384. The largest absolute Gasteiger partial charge is 0.330 e. The SMILES string of the molecule is CCC(C)N(CC(=O)N1CCc2sccc2C1c1ccc(C)cc1)C(=O)C=Cc1ccc([N+](=O)[O-])cc1. The number of nitro benzene ring substituents is 1. The van der Waals surface area contributed by atoms with Crippen molar-refractivity contribution < 1.29 is 14.5 Å². The molecule has 37 heavy (non-hydrogen) atoms. The molecule has 4 rings (SSSR count). The van der Waals surface area contributed by atoms with Gasteiger partial charge in [-0.05, 0) is 73.0 Å². The fraction of sp³-hybridized carbons (Fsp3) is 0.310. The monoisotopic (exact) mass is 517 g/mol. The van der Waals surface area contributed by atoms with Crippen molar-refractivity contribution >= 4 is 34.9 Å². The Kier molecular flexibility index (Phi) is 8.18. The molecule has 1 aliphatic rings. The summed E-state index contributed by atoms with van der Waals surface area (Å²) >= 11 is 1.73. The van der Waals surface area contributed by atoms with Crippen LogP contribution in [0.25, 0.3) is 6.08 Å². The van der Waals surface area contributed by atoms with Crippen LogP contribution in [-0.2, 0) is 16.0 Å². The Bertz CT molecular complexity index is 1300. The number of aryl methyl sites for hydroxylation is 1. The van der Waals surface area contributed by atoms with Gasteiger partial charge >= 0.3 is 0 Å². The Balaban J connectivity index is 1.55. The van der Waals surface area contributed by atoms with Crippen molar-refractivity contribution in [2.24, 2.45) is 0 Å². The van der Waals surface area contributed by atoms with E-state index in [4.69, 9.17) is 0 Å². The van der Waals surface area contributed by atoms with Crippen molar-refractivity contribution in [1.29, 1.82) is 0 Å². The number of hydrogen-bond donors (Lipinski definition) is 0. The lowest BCUT2D eigenvalue weighted by atomic mass is 9.92. The highest BCUT2D eigenvalue weighted by Crippen LogP contribution is 2.38. The third kappa shape index (κ3) is 5.97. The van der Waals surface area contributed by atoms with E-state index in [0.29, 0.717) is 18.5 Å². The van der Waals surface area contributed by atoms with Crippen LogP contribution in [0.5, 0.6) is 0 Å². The number of amides is 2. The van der Waals surface area contributed by atoms with Crippen LogP contribution in [0.2, 0.25) is 0 Å². The smallest absolute Gasteiger partial charge is 0.269 e. The molecule has 2 atom stereocenters. The molecule has 2 amide bonds. The lowest BCUT2D eigenvalue weighted by Gasteiger charge is -2.38. The van der Waals surface area contributed by atoms with Crippen molar-refractivity contribution in [2.45, 2.75) is 45.7 Å². The van der Waals surface area contributed by atoms with Gasteiger partial charge in [0.25, 0.3) is 5.69 Å². The first-order chi connectivity index (χ1) is 17.8. The minimum absolute atomic E-state index is 0.00579. The average molecular weight is 518 g/mol. The fourth-order valence-electron chi connectivity index (χ4n) is 4.57. The number of nitrogens with zero attached hydrogens (tertiary/aromatic N) is 3. The predicted molar refractivity (Wildman–Crippen MR) is 146 cm³/mol. The van der Waals surface area contributed by atoms with Gasteiger partial charge in [0.15, 0.2) is 0 Å². The summed E-state index contributed by atoms with van der Waals surface area (Å²) in [6.45, 7) is 6.56. The van der Waals surface area contributed by atoms with Gasteiger partial charge in [0, 0.05) is 35.7 Å². The molecule has 192 valence electrons. The molecule has 7 nitrogen and oxygen atoms in total. The molecule has 1 aliphatic heterocycles. The maximum Gasteiger partial charge on any atom is 0.269 e. The highest BCUT2D eigenvalue weighted by atomic mass is 32.1. The first kappa shape index (κ1) is 26.3. The lowest BCUT2D eigenvalue weighted by Crippen LogP contribution is -2.48. The van der Waals surface area contributed by atoms with Crippen molar-refractivity contribution in [3.8, 4) is 0 Å². The summed E-state index contributed by atoms with van der Waals surface area (Å²) < 4.78 is 0. The number of benzene rings is 2. The number of hydrogen-bond acceptors (Lipinski definition) is 5. The zero-order valence-corrected chi connectivity index (χ0v) is 22.1. The second-order valence-electron chi connectivity index (χ2n) is 9.35. The quantitative estimate of drug-likeness (QED) is 0.215. The van der Waals surface area contributed by atoms with E-state index in [9.17, 15) is 19.7 Å². The zero-order valence-electron chi connectivity index (χ0n) is 21.3. The van der Waals surface area contributed by atoms with Crippen LogP contribution >= 0.6 is 11.3 Å². The number of non-ortho nitro benzene ring substituents is 1. The average Bonchev–Trinajstić information content (AvgIpc) is 3.39. The van der Waals surface area contributed by atoms with E-state index >= 15 is 0 Å². The molecule has 0 saturated carbocycles. The van der Waals surface area contributed by atoms with Gasteiger partial charge in [-0.15, -0.1) is 11.3 Å². The summed E-state index contributed by atoms with van der Waals surface area (Å²) in [6, 6.07) is 16.1. The summed E-state index contributed by atoms with van der Waals surface area (Å²) in [5.74, 6) is -0.346. The minimum atomic E-state index is -0.460. The third-order valence-corrected chi connectivity index (χ3v) is 7.91. The van der Waals surface area contributed by atoms with Crippen molar-refractivity contribution in [2.75, 3.05) is 13.1 Å². The number of thiophene rings is 1. The maximum absolute atomic E-state index is 13.7. The summed E-state index contributed by atoms with van der Waals surface area (Å²) in [5, 5.41) is 13.0. The highest BCUT2D eigenvalue weighted by Gasteiger charge is 2.34. The van der Waals surface area contributed by atoms with E-state index in [1.807, 2.05) is 25.7 Å². The summed E-state index contributed by atoms with van der Waals surface area (Å²) in [7, 11) is 0. The number of rotatable bonds is 8. The molecule has 2 unspecified atom stereocenters. The fourth-order valence-corrected chi connectivity index (χ4v) is 5.48. The Labute approximate surface area is 221 Å². The van der Waals surface area contributed by atoms with Crippen LogP contribution in [0, 0.1) is 17.0 Å². The predicted octanol–water partition coefficient (Wildman–Crippen LogP) is 5.78. The van der Waals surface area contributed by atoms with Crippen LogP contribution in [0.15, 0.2) is 66.1 Å². The topological polar surface area (TPSA) is 83.8 Å². The van der Waals surface area contributed by atoms with Gasteiger partial charge in [0.2, 0.25) is 11.8 Å². The molecule has 0 bridgehead atoms. The molecule has 1 aromatic heterocycles. The molecule has 0 radical (unpaired) electrons. The first-order valence-corrected chi connectivity index (χ1v) is 13.3. The molecular formula is C29H31N3O4S. The Morgan fingerprint density at radius 2 is 1.86 bits per heavy atom. The molecular weight excluding hydrogens is 486 g/mol. The van der Waals surface area contributed by atoms with Crippen LogP contribution in [0.1, 0.15) is 53.4 Å².